The first kappa shape index (κ1) is 8.99. The van der Waals surface area contributed by atoms with Gasteiger partial charge in [0.1, 0.15) is 6.61 Å². The molecule has 1 aliphatic rings. The van der Waals surface area contributed by atoms with Gasteiger partial charge in [-0.25, -0.2) is 0 Å². The van der Waals surface area contributed by atoms with Crippen LogP contribution in [0.1, 0.15) is 12.8 Å². The number of ether oxygens (including phenoxy) is 1. The van der Waals surface area contributed by atoms with Gasteiger partial charge in [-0.2, -0.15) is 0 Å². The van der Waals surface area contributed by atoms with E-state index < -0.39 is 6.04 Å². The minimum atomic E-state index is -0.405. The molecule has 1 heterocycles. The lowest BCUT2D eigenvalue weighted by molar-refractivity contribution is -0.132. The Morgan fingerprint density at radius 3 is 3.00 bits per heavy atom. The first-order valence-corrected chi connectivity index (χ1v) is 3.85. The normalized spacial score (nSPS) is 29.2. The van der Waals surface area contributed by atoms with Crippen LogP contribution in [0.3, 0.4) is 0 Å². The van der Waals surface area contributed by atoms with Crippen molar-refractivity contribution in [2.75, 3.05) is 6.61 Å². The third-order valence-electron chi connectivity index (χ3n) is 1.87. The van der Waals surface area contributed by atoms with Crippen molar-refractivity contribution in [1.82, 2.24) is 5.32 Å². The molecule has 0 aliphatic carbocycles. The highest BCUT2D eigenvalue weighted by atomic mass is 16.5. The highest BCUT2D eigenvalue weighted by Crippen LogP contribution is 2.07. The molecule has 5 nitrogen and oxygen atoms in total. The molecule has 1 fully saturated rings. The van der Waals surface area contributed by atoms with Crippen molar-refractivity contribution in [3.63, 3.8) is 0 Å². The fraction of sp³-hybridized carbons (Fsp3) is 0.714. The molecule has 1 rings (SSSR count). The minimum Gasteiger partial charge on any atom is -0.466 e. The van der Waals surface area contributed by atoms with E-state index in [-0.39, 0.29) is 18.6 Å². The average Bonchev–Trinajstić information content (AvgIpc) is 2.07. The van der Waals surface area contributed by atoms with Crippen LogP contribution in [0.5, 0.6) is 0 Å². The Bertz CT molecular complexity index is 183. The van der Waals surface area contributed by atoms with Crippen molar-refractivity contribution < 1.29 is 14.3 Å². The third-order valence-corrected chi connectivity index (χ3v) is 1.87. The van der Waals surface area contributed by atoms with E-state index in [4.69, 9.17) is 5.73 Å². The van der Waals surface area contributed by atoms with Crippen LogP contribution in [-0.4, -0.2) is 31.1 Å². The molecule has 1 aliphatic heterocycles. The van der Waals surface area contributed by atoms with Gasteiger partial charge in [-0.15, -0.1) is 0 Å². The van der Waals surface area contributed by atoms with Crippen molar-refractivity contribution in [2.45, 2.75) is 24.9 Å². The number of carbonyl (C=O) groups excluding carboxylic acids is 2. The Labute approximate surface area is 70.2 Å². The lowest BCUT2D eigenvalue weighted by Crippen LogP contribution is -2.51. The van der Waals surface area contributed by atoms with Gasteiger partial charge in [0.05, 0.1) is 12.1 Å². The number of piperidine rings is 1. The second-order valence-corrected chi connectivity index (χ2v) is 2.82. The molecular weight excluding hydrogens is 160 g/mol. The summed E-state index contributed by atoms with van der Waals surface area (Å²) in [5, 5.41) is 2.65. The molecule has 1 saturated heterocycles. The number of rotatable bonds is 3. The van der Waals surface area contributed by atoms with E-state index in [0.717, 1.165) is 6.42 Å². The summed E-state index contributed by atoms with van der Waals surface area (Å²) in [5.74, 6) is -0.166. The van der Waals surface area contributed by atoms with Gasteiger partial charge in [-0.05, 0) is 12.8 Å². The van der Waals surface area contributed by atoms with Crippen LogP contribution in [0.2, 0.25) is 0 Å². The van der Waals surface area contributed by atoms with Crippen molar-refractivity contribution in [1.29, 1.82) is 0 Å². The summed E-state index contributed by atoms with van der Waals surface area (Å²) < 4.78 is 4.52. The molecular formula is C7H12N2O3. The zero-order valence-corrected chi connectivity index (χ0v) is 6.66. The third kappa shape index (κ3) is 2.20. The highest BCUT2D eigenvalue weighted by molar-refractivity contribution is 5.82. The Morgan fingerprint density at radius 2 is 2.42 bits per heavy atom. The molecule has 0 aromatic rings. The molecule has 0 spiro atoms. The highest BCUT2D eigenvalue weighted by Gasteiger charge is 2.24. The molecule has 68 valence electrons. The standard InChI is InChI=1S/C7H12N2O3/c8-6-2-1-5(3-12-4-10)9-7(6)11/h4-6H,1-3,8H2,(H,9,11). The fourth-order valence-corrected chi connectivity index (χ4v) is 1.17. The zero-order chi connectivity index (χ0) is 8.97. The van der Waals surface area contributed by atoms with E-state index in [1.807, 2.05) is 0 Å². The van der Waals surface area contributed by atoms with E-state index in [2.05, 4.69) is 10.1 Å². The Kier molecular flexibility index (Phi) is 3.04. The van der Waals surface area contributed by atoms with Gasteiger partial charge >= 0.3 is 0 Å². The molecule has 2 unspecified atom stereocenters. The zero-order valence-electron chi connectivity index (χ0n) is 6.66. The van der Waals surface area contributed by atoms with Gasteiger partial charge in [-0.3, -0.25) is 9.59 Å². The van der Waals surface area contributed by atoms with E-state index in [9.17, 15) is 9.59 Å². The topological polar surface area (TPSA) is 81.4 Å². The molecule has 2 atom stereocenters. The van der Waals surface area contributed by atoms with E-state index in [0.29, 0.717) is 12.9 Å². The number of carbonyl (C=O) groups is 2. The van der Waals surface area contributed by atoms with E-state index >= 15 is 0 Å². The molecule has 0 bridgehead atoms. The van der Waals surface area contributed by atoms with Crippen molar-refractivity contribution in [3.05, 3.63) is 0 Å². The van der Waals surface area contributed by atoms with Crippen LogP contribution < -0.4 is 11.1 Å². The van der Waals surface area contributed by atoms with E-state index in [1.165, 1.54) is 0 Å². The molecule has 12 heavy (non-hydrogen) atoms. The summed E-state index contributed by atoms with van der Waals surface area (Å²) in [6.07, 6.45) is 1.42. The second kappa shape index (κ2) is 4.06. The molecule has 1 amide bonds. The van der Waals surface area contributed by atoms with E-state index in [1.54, 1.807) is 0 Å². The maximum atomic E-state index is 11.0. The summed E-state index contributed by atoms with van der Waals surface area (Å²) in [6, 6.07) is -0.472. The maximum Gasteiger partial charge on any atom is 0.293 e. The SMILES string of the molecule is NC1CCC(COC=O)NC1=O. The molecule has 0 aromatic heterocycles. The van der Waals surface area contributed by atoms with Crippen molar-refractivity contribution in [3.8, 4) is 0 Å². The monoisotopic (exact) mass is 172 g/mol. The second-order valence-electron chi connectivity index (χ2n) is 2.82. The predicted octanol–water partition coefficient (Wildman–Crippen LogP) is -1.23. The van der Waals surface area contributed by atoms with Crippen molar-refractivity contribution in [2.24, 2.45) is 5.73 Å². The lowest BCUT2D eigenvalue weighted by Gasteiger charge is -2.25. The summed E-state index contributed by atoms with van der Waals surface area (Å²) in [5.41, 5.74) is 5.45. The van der Waals surface area contributed by atoms with Gasteiger partial charge in [0.2, 0.25) is 5.91 Å². The molecule has 5 heteroatoms. The summed E-state index contributed by atoms with van der Waals surface area (Å²) in [7, 11) is 0. The molecule has 3 N–H and O–H groups in total. The van der Waals surface area contributed by atoms with Gasteiger partial charge in [-0.1, -0.05) is 0 Å². The van der Waals surface area contributed by atoms with Crippen LogP contribution in [0.4, 0.5) is 0 Å². The number of nitrogens with two attached hydrogens (primary N) is 1. The van der Waals surface area contributed by atoms with Crippen molar-refractivity contribution >= 4 is 12.4 Å². The predicted molar refractivity (Wildman–Crippen MR) is 41.2 cm³/mol. The maximum absolute atomic E-state index is 11.0. The van der Waals surface area contributed by atoms with Gasteiger partial charge in [0.25, 0.3) is 6.47 Å². The van der Waals surface area contributed by atoms with Crippen LogP contribution in [-0.2, 0) is 14.3 Å². The Balaban J connectivity index is 2.30. The smallest absolute Gasteiger partial charge is 0.293 e. The van der Waals surface area contributed by atoms with Crippen LogP contribution in [0, 0.1) is 0 Å². The molecule has 0 saturated carbocycles. The first-order valence-electron chi connectivity index (χ1n) is 3.85. The molecule has 0 aromatic carbocycles. The number of hydrogen-bond acceptors (Lipinski definition) is 4. The number of nitrogens with one attached hydrogen (secondary N) is 1. The average molecular weight is 172 g/mol. The largest absolute Gasteiger partial charge is 0.466 e. The van der Waals surface area contributed by atoms with Crippen LogP contribution >= 0.6 is 0 Å². The minimum absolute atomic E-state index is 0.0671. The summed E-state index contributed by atoms with van der Waals surface area (Å²) in [4.78, 5) is 20.8. The number of hydrogen-bond donors (Lipinski definition) is 2. The quantitative estimate of drug-likeness (QED) is 0.522. The summed E-state index contributed by atoms with van der Waals surface area (Å²) in [6.45, 7) is 0.614. The van der Waals surface area contributed by atoms with Crippen LogP contribution in [0.15, 0.2) is 0 Å². The first-order chi connectivity index (χ1) is 5.74. The van der Waals surface area contributed by atoms with Crippen LogP contribution in [0.25, 0.3) is 0 Å². The Morgan fingerprint density at radius 1 is 1.67 bits per heavy atom. The van der Waals surface area contributed by atoms with Gasteiger partial charge < -0.3 is 15.8 Å². The Hall–Kier alpha value is -1.10. The summed E-state index contributed by atoms with van der Waals surface area (Å²) >= 11 is 0. The fourth-order valence-electron chi connectivity index (χ4n) is 1.17. The van der Waals surface area contributed by atoms with Gasteiger partial charge in [0, 0.05) is 0 Å². The number of amides is 1. The van der Waals surface area contributed by atoms with Gasteiger partial charge in [0.15, 0.2) is 0 Å². The lowest BCUT2D eigenvalue weighted by atomic mass is 10.0. The molecule has 0 radical (unpaired) electrons.